The molecular formula is C19H25N3O3. The molecule has 2 atom stereocenters. The van der Waals surface area contributed by atoms with Crippen LogP contribution in [0.4, 0.5) is 0 Å². The van der Waals surface area contributed by atoms with Crippen molar-refractivity contribution >= 4 is 11.8 Å². The zero-order valence-electron chi connectivity index (χ0n) is 14.7. The third-order valence-corrected chi connectivity index (χ3v) is 5.66. The molecule has 1 aromatic carbocycles. The summed E-state index contributed by atoms with van der Waals surface area (Å²) in [5.41, 5.74) is 1.75. The average Bonchev–Trinajstić information content (AvgIpc) is 3.17. The number of hydrogen-bond donors (Lipinski definition) is 0. The van der Waals surface area contributed by atoms with Crippen molar-refractivity contribution in [3.8, 4) is 0 Å². The number of carbonyl (C=O) groups is 2. The Bertz CT molecular complexity index is 672. The number of morpholine rings is 1. The van der Waals surface area contributed by atoms with Gasteiger partial charge in [-0.25, -0.2) is 0 Å². The van der Waals surface area contributed by atoms with Crippen molar-refractivity contribution < 1.29 is 14.3 Å². The molecule has 3 aliphatic heterocycles. The van der Waals surface area contributed by atoms with Gasteiger partial charge in [-0.15, -0.1) is 0 Å². The maximum absolute atomic E-state index is 12.8. The third kappa shape index (κ3) is 3.16. The molecule has 0 unspecified atom stereocenters. The Morgan fingerprint density at radius 1 is 1.20 bits per heavy atom. The van der Waals surface area contributed by atoms with E-state index in [0.29, 0.717) is 18.5 Å². The van der Waals surface area contributed by atoms with Gasteiger partial charge in [-0.3, -0.25) is 14.5 Å². The SMILES string of the molecule is C[C@@H]1CN(C(=O)CN2Cc3ccccc3C2=O)C[C@H]1N1CCOCC1. The monoisotopic (exact) mass is 343 g/mol. The highest BCUT2D eigenvalue weighted by atomic mass is 16.5. The van der Waals surface area contributed by atoms with E-state index in [0.717, 1.165) is 50.5 Å². The molecule has 0 aromatic heterocycles. The second-order valence-electron chi connectivity index (χ2n) is 7.31. The zero-order valence-corrected chi connectivity index (χ0v) is 14.7. The molecule has 0 bridgehead atoms. The van der Waals surface area contributed by atoms with E-state index in [-0.39, 0.29) is 18.4 Å². The number of ether oxygens (including phenoxy) is 1. The standard InChI is InChI=1S/C19H25N3O3/c1-14-10-21(12-17(14)20-6-8-25-9-7-20)18(23)13-22-11-15-4-2-3-5-16(15)19(22)24/h2-5,14,17H,6-13H2,1H3/t14-,17-/m1/s1. The van der Waals surface area contributed by atoms with Crippen LogP contribution >= 0.6 is 0 Å². The summed E-state index contributed by atoms with van der Waals surface area (Å²) in [6.45, 7) is 7.89. The maximum Gasteiger partial charge on any atom is 0.254 e. The first-order chi connectivity index (χ1) is 12.1. The van der Waals surface area contributed by atoms with Crippen LogP contribution in [0.15, 0.2) is 24.3 Å². The lowest BCUT2D eigenvalue weighted by atomic mass is 10.0. The number of hydrogen-bond acceptors (Lipinski definition) is 4. The molecule has 0 aliphatic carbocycles. The van der Waals surface area contributed by atoms with Gasteiger partial charge in [0.2, 0.25) is 5.91 Å². The van der Waals surface area contributed by atoms with Gasteiger partial charge in [0.25, 0.3) is 5.91 Å². The molecular weight excluding hydrogens is 318 g/mol. The molecule has 0 saturated carbocycles. The molecule has 0 spiro atoms. The van der Waals surface area contributed by atoms with Crippen LogP contribution in [0.2, 0.25) is 0 Å². The van der Waals surface area contributed by atoms with Gasteiger partial charge in [-0.2, -0.15) is 0 Å². The summed E-state index contributed by atoms with van der Waals surface area (Å²) >= 11 is 0. The Morgan fingerprint density at radius 3 is 2.72 bits per heavy atom. The van der Waals surface area contributed by atoms with E-state index in [1.165, 1.54) is 0 Å². The lowest BCUT2D eigenvalue weighted by Gasteiger charge is -2.34. The molecule has 2 amide bonds. The highest BCUT2D eigenvalue weighted by Gasteiger charge is 2.38. The number of likely N-dealkylation sites (tertiary alicyclic amines) is 1. The Labute approximate surface area is 148 Å². The summed E-state index contributed by atoms with van der Waals surface area (Å²) in [6.07, 6.45) is 0. The van der Waals surface area contributed by atoms with E-state index in [1.54, 1.807) is 4.90 Å². The summed E-state index contributed by atoms with van der Waals surface area (Å²) in [5.74, 6) is 0.484. The molecule has 1 aromatic rings. The molecule has 3 aliphatic rings. The number of carbonyl (C=O) groups excluding carboxylic acids is 2. The van der Waals surface area contributed by atoms with Crippen LogP contribution in [0.1, 0.15) is 22.8 Å². The summed E-state index contributed by atoms with van der Waals surface area (Å²) < 4.78 is 5.43. The molecule has 2 fully saturated rings. The van der Waals surface area contributed by atoms with Gasteiger partial charge in [0.15, 0.2) is 0 Å². The molecule has 2 saturated heterocycles. The maximum atomic E-state index is 12.8. The van der Waals surface area contributed by atoms with Crippen molar-refractivity contribution in [3.63, 3.8) is 0 Å². The minimum absolute atomic E-state index is 0.0269. The molecule has 3 heterocycles. The molecule has 6 nitrogen and oxygen atoms in total. The summed E-state index contributed by atoms with van der Waals surface area (Å²) in [7, 11) is 0. The van der Waals surface area contributed by atoms with Crippen LogP contribution in [-0.2, 0) is 16.1 Å². The summed E-state index contributed by atoms with van der Waals surface area (Å²) in [4.78, 5) is 31.3. The number of amides is 2. The Morgan fingerprint density at radius 2 is 1.96 bits per heavy atom. The Hall–Kier alpha value is -1.92. The van der Waals surface area contributed by atoms with E-state index in [4.69, 9.17) is 4.74 Å². The second-order valence-corrected chi connectivity index (χ2v) is 7.31. The van der Waals surface area contributed by atoms with Crippen molar-refractivity contribution in [1.82, 2.24) is 14.7 Å². The summed E-state index contributed by atoms with van der Waals surface area (Å²) in [5, 5.41) is 0. The fourth-order valence-electron chi connectivity index (χ4n) is 4.24. The fraction of sp³-hybridized carbons (Fsp3) is 0.579. The highest BCUT2D eigenvalue weighted by molar-refractivity contribution is 6.00. The van der Waals surface area contributed by atoms with Crippen molar-refractivity contribution in [3.05, 3.63) is 35.4 Å². The Balaban J connectivity index is 1.37. The van der Waals surface area contributed by atoms with Crippen LogP contribution < -0.4 is 0 Å². The largest absolute Gasteiger partial charge is 0.379 e. The van der Waals surface area contributed by atoms with Crippen molar-refractivity contribution in [2.24, 2.45) is 5.92 Å². The van der Waals surface area contributed by atoms with E-state index >= 15 is 0 Å². The minimum Gasteiger partial charge on any atom is -0.379 e. The van der Waals surface area contributed by atoms with Crippen LogP contribution in [0.3, 0.4) is 0 Å². The third-order valence-electron chi connectivity index (χ3n) is 5.66. The van der Waals surface area contributed by atoms with Gasteiger partial charge in [0.05, 0.1) is 13.2 Å². The molecule has 4 rings (SSSR count). The first-order valence-electron chi connectivity index (χ1n) is 9.10. The van der Waals surface area contributed by atoms with Crippen LogP contribution in [0, 0.1) is 5.92 Å². The Kier molecular flexibility index (Phi) is 4.48. The van der Waals surface area contributed by atoms with Gasteiger partial charge < -0.3 is 14.5 Å². The predicted octanol–water partition coefficient (Wildman–Crippen LogP) is 0.822. The van der Waals surface area contributed by atoms with Gasteiger partial charge in [0.1, 0.15) is 6.54 Å². The number of benzene rings is 1. The smallest absolute Gasteiger partial charge is 0.254 e. The van der Waals surface area contributed by atoms with Gasteiger partial charge in [-0.1, -0.05) is 25.1 Å². The molecule has 134 valence electrons. The number of nitrogens with zero attached hydrogens (tertiary/aromatic N) is 3. The second kappa shape index (κ2) is 6.77. The predicted molar refractivity (Wildman–Crippen MR) is 93.1 cm³/mol. The number of fused-ring (bicyclic) bond motifs is 1. The first-order valence-corrected chi connectivity index (χ1v) is 9.10. The van der Waals surface area contributed by atoms with Crippen molar-refractivity contribution in [2.45, 2.75) is 19.5 Å². The summed E-state index contributed by atoms with van der Waals surface area (Å²) in [6, 6.07) is 8.02. The van der Waals surface area contributed by atoms with E-state index in [1.807, 2.05) is 29.2 Å². The van der Waals surface area contributed by atoms with E-state index in [9.17, 15) is 9.59 Å². The van der Waals surface area contributed by atoms with Crippen LogP contribution in [0.5, 0.6) is 0 Å². The van der Waals surface area contributed by atoms with Gasteiger partial charge >= 0.3 is 0 Å². The zero-order chi connectivity index (χ0) is 17.4. The van der Waals surface area contributed by atoms with E-state index in [2.05, 4.69) is 11.8 Å². The van der Waals surface area contributed by atoms with Crippen molar-refractivity contribution in [2.75, 3.05) is 45.9 Å². The fourth-order valence-corrected chi connectivity index (χ4v) is 4.24. The van der Waals surface area contributed by atoms with Crippen molar-refractivity contribution in [1.29, 1.82) is 0 Å². The lowest BCUT2D eigenvalue weighted by molar-refractivity contribution is -0.131. The topological polar surface area (TPSA) is 53.1 Å². The van der Waals surface area contributed by atoms with Crippen LogP contribution in [-0.4, -0.2) is 78.5 Å². The first kappa shape index (κ1) is 16.5. The minimum atomic E-state index is -0.0269. The van der Waals surface area contributed by atoms with E-state index < -0.39 is 0 Å². The molecule has 0 radical (unpaired) electrons. The lowest BCUT2D eigenvalue weighted by Crippen LogP contribution is -2.47. The van der Waals surface area contributed by atoms with Gasteiger partial charge in [-0.05, 0) is 17.5 Å². The number of rotatable bonds is 3. The normalized spacial score (nSPS) is 27.0. The molecule has 0 N–H and O–H groups in total. The highest BCUT2D eigenvalue weighted by Crippen LogP contribution is 2.25. The molecule has 25 heavy (non-hydrogen) atoms. The van der Waals surface area contributed by atoms with Gasteiger partial charge in [0, 0.05) is 44.3 Å². The average molecular weight is 343 g/mol. The molecule has 6 heteroatoms. The quantitative estimate of drug-likeness (QED) is 0.815. The van der Waals surface area contributed by atoms with Crippen LogP contribution in [0.25, 0.3) is 0 Å².